The standard InChI is InChI=1S/C16H12ClF2N3O/c17-11-4-5-13-14(7-11)21-9-22-15(13)20-8-10-2-1-3-12(6-10)23-16(18)19/h1-7,9,16H,8H2,(H,20,21,22). The van der Waals surface area contributed by atoms with E-state index in [1.54, 1.807) is 24.3 Å². The Morgan fingerprint density at radius 2 is 2.00 bits per heavy atom. The third kappa shape index (κ3) is 3.84. The molecule has 0 aliphatic carbocycles. The molecule has 1 heterocycles. The number of nitrogens with one attached hydrogen (secondary N) is 1. The van der Waals surface area contributed by atoms with Gasteiger partial charge in [0.15, 0.2) is 0 Å². The second-order valence-electron chi connectivity index (χ2n) is 4.76. The van der Waals surface area contributed by atoms with E-state index < -0.39 is 6.61 Å². The highest BCUT2D eigenvalue weighted by Crippen LogP contribution is 2.23. The lowest BCUT2D eigenvalue weighted by molar-refractivity contribution is -0.0498. The lowest BCUT2D eigenvalue weighted by Crippen LogP contribution is -2.05. The van der Waals surface area contributed by atoms with Gasteiger partial charge in [0.1, 0.15) is 17.9 Å². The quantitative estimate of drug-likeness (QED) is 0.746. The van der Waals surface area contributed by atoms with Gasteiger partial charge in [0.05, 0.1) is 5.52 Å². The van der Waals surface area contributed by atoms with Gasteiger partial charge in [-0.15, -0.1) is 0 Å². The van der Waals surface area contributed by atoms with Crippen molar-refractivity contribution in [3.63, 3.8) is 0 Å². The number of benzene rings is 2. The molecule has 0 radical (unpaired) electrons. The van der Waals surface area contributed by atoms with Crippen LogP contribution in [0.3, 0.4) is 0 Å². The summed E-state index contributed by atoms with van der Waals surface area (Å²) < 4.78 is 28.9. The summed E-state index contributed by atoms with van der Waals surface area (Å²) in [5.41, 5.74) is 1.52. The molecule has 0 aliphatic rings. The third-order valence-electron chi connectivity index (χ3n) is 3.18. The van der Waals surface area contributed by atoms with Crippen molar-refractivity contribution in [2.24, 2.45) is 0 Å². The minimum Gasteiger partial charge on any atom is -0.435 e. The lowest BCUT2D eigenvalue weighted by Gasteiger charge is -2.10. The van der Waals surface area contributed by atoms with E-state index in [2.05, 4.69) is 20.0 Å². The number of aromatic nitrogens is 2. The van der Waals surface area contributed by atoms with E-state index in [0.29, 0.717) is 17.4 Å². The summed E-state index contributed by atoms with van der Waals surface area (Å²) in [5, 5.41) is 4.59. The van der Waals surface area contributed by atoms with E-state index in [9.17, 15) is 8.78 Å². The molecular weight excluding hydrogens is 324 g/mol. The molecule has 3 aromatic rings. The molecule has 3 rings (SSSR count). The number of ether oxygens (including phenoxy) is 1. The molecule has 0 unspecified atom stereocenters. The van der Waals surface area contributed by atoms with E-state index in [1.807, 2.05) is 12.1 Å². The van der Waals surface area contributed by atoms with E-state index in [0.717, 1.165) is 16.5 Å². The van der Waals surface area contributed by atoms with Crippen LogP contribution in [0.5, 0.6) is 5.75 Å². The van der Waals surface area contributed by atoms with E-state index in [1.165, 1.54) is 12.4 Å². The highest BCUT2D eigenvalue weighted by Gasteiger charge is 2.06. The first-order valence-electron chi connectivity index (χ1n) is 6.80. The fourth-order valence-corrected chi connectivity index (χ4v) is 2.35. The smallest absolute Gasteiger partial charge is 0.387 e. The molecule has 0 bridgehead atoms. The van der Waals surface area contributed by atoms with Gasteiger partial charge in [-0.25, -0.2) is 9.97 Å². The van der Waals surface area contributed by atoms with Gasteiger partial charge < -0.3 is 10.1 Å². The summed E-state index contributed by atoms with van der Waals surface area (Å²) in [5.74, 6) is 0.769. The fraction of sp³-hybridized carbons (Fsp3) is 0.125. The minimum atomic E-state index is -2.84. The van der Waals surface area contributed by atoms with Crippen LogP contribution < -0.4 is 10.1 Å². The highest BCUT2D eigenvalue weighted by molar-refractivity contribution is 6.31. The van der Waals surface area contributed by atoms with Gasteiger partial charge in [0.2, 0.25) is 0 Å². The first-order valence-corrected chi connectivity index (χ1v) is 7.17. The van der Waals surface area contributed by atoms with Gasteiger partial charge in [-0.3, -0.25) is 0 Å². The number of hydrogen-bond donors (Lipinski definition) is 1. The Hall–Kier alpha value is -2.47. The average molecular weight is 336 g/mol. The molecule has 118 valence electrons. The van der Waals surface area contributed by atoms with Crippen molar-refractivity contribution in [2.75, 3.05) is 5.32 Å². The Morgan fingerprint density at radius 1 is 1.13 bits per heavy atom. The number of anilines is 1. The van der Waals surface area contributed by atoms with Gasteiger partial charge in [0.25, 0.3) is 0 Å². The minimum absolute atomic E-state index is 0.124. The maximum atomic E-state index is 12.2. The Labute approximate surface area is 136 Å². The molecule has 1 aromatic heterocycles. The van der Waals surface area contributed by atoms with Crippen molar-refractivity contribution >= 4 is 28.3 Å². The van der Waals surface area contributed by atoms with Crippen molar-refractivity contribution < 1.29 is 13.5 Å². The second-order valence-corrected chi connectivity index (χ2v) is 5.20. The monoisotopic (exact) mass is 335 g/mol. The lowest BCUT2D eigenvalue weighted by atomic mass is 10.2. The first kappa shape index (κ1) is 15.4. The summed E-state index contributed by atoms with van der Waals surface area (Å²) in [6.07, 6.45) is 1.44. The number of rotatable bonds is 5. The molecule has 0 saturated heterocycles. The summed E-state index contributed by atoms with van der Waals surface area (Å²) in [7, 11) is 0. The van der Waals surface area contributed by atoms with E-state index >= 15 is 0 Å². The topological polar surface area (TPSA) is 47.0 Å². The Bertz CT molecular complexity index is 829. The van der Waals surface area contributed by atoms with Crippen molar-refractivity contribution in [3.05, 3.63) is 59.4 Å². The zero-order chi connectivity index (χ0) is 16.2. The van der Waals surface area contributed by atoms with E-state index in [-0.39, 0.29) is 5.75 Å². The zero-order valence-electron chi connectivity index (χ0n) is 11.8. The molecule has 4 nitrogen and oxygen atoms in total. The Kier molecular flexibility index (Phi) is 4.52. The van der Waals surface area contributed by atoms with Crippen molar-refractivity contribution in [1.29, 1.82) is 0 Å². The number of hydrogen-bond acceptors (Lipinski definition) is 4. The highest BCUT2D eigenvalue weighted by atomic mass is 35.5. The summed E-state index contributed by atoms with van der Waals surface area (Å²) in [6.45, 7) is -2.43. The fourth-order valence-electron chi connectivity index (χ4n) is 2.19. The van der Waals surface area contributed by atoms with Crippen LogP contribution >= 0.6 is 11.6 Å². The van der Waals surface area contributed by atoms with Crippen LogP contribution in [-0.2, 0) is 6.54 Å². The van der Waals surface area contributed by atoms with Crippen LogP contribution in [0.1, 0.15) is 5.56 Å². The molecular formula is C16H12ClF2N3O. The maximum Gasteiger partial charge on any atom is 0.387 e. The Morgan fingerprint density at radius 3 is 2.83 bits per heavy atom. The van der Waals surface area contributed by atoms with Crippen LogP contribution in [0.25, 0.3) is 10.9 Å². The molecule has 0 aliphatic heterocycles. The van der Waals surface area contributed by atoms with Gasteiger partial charge in [-0.05, 0) is 35.9 Å². The summed E-state index contributed by atoms with van der Waals surface area (Å²) >= 11 is 5.95. The van der Waals surface area contributed by atoms with Crippen LogP contribution in [-0.4, -0.2) is 16.6 Å². The zero-order valence-corrected chi connectivity index (χ0v) is 12.6. The number of halogens is 3. The summed E-state index contributed by atoms with van der Waals surface area (Å²) in [6, 6.07) is 11.8. The first-order chi connectivity index (χ1) is 11.1. The van der Waals surface area contributed by atoms with Gasteiger partial charge in [0, 0.05) is 17.0 Å². The van der Waals surface area contributed by atoms with Crippen molar-refractivity contribution in [1.82, 2.24) is 9.97 Å². The molecule has 2 aromatic carbocycles. The van der Waals surface area contributed by atoms with E-state index in [4.69, 9.17) is 11.6 Å². The Balaban J connectivity index is 1.78. The molecule has 23 heavy (non-hydrogen) atoms. The molecule has 0 spiro atoms. The molecule has 0 atom stereocenters. The number of nitrogens with zero attached hydrogens (tertiary/aromatic N) is 2. The predicted molar refractivity (Wildman–Crippen MR) is 84.9 cm³/mol. The van der Waals surface area contributed by atoms with Crippen LogP contribution in [0.4, 0.5) is 14.6 Å². The van der Waals surface area contributed by atoms with Crippen LogP contribution in [0.15, 0.2) is 48.8 Å². The number of fused-ring (bicyclic) bond motifs is 1. The average Bonchev–Trinajstić information content (AvgIpc) is 2.52. The maximum absolute atomic E-state index is 12.2. The second kappa shape index (κ2) is 6.75. The van der Waals surface area contributed by atoms with Gasteiger partial charge in [-0.1, -0.05) is 23.7 Å². The summed E-state index contributed by atoms with van der Waals surface area (Å²) in [4.78, 5) is 8.37. The van der Waals surface area contributed by atoms with Gasteiger partial charge in [-0.2, -0.15) is 8.78 Å². The van der Waals surface area contributed by atoms with Crippen molar-refractivity contribution in [2.45, 2.75) is 13.2 Å². The molecule has 7 heteroatoms. The third-order valence-corrected chi connectivity index (χ3v) is 3.42. The molecule has 0 amide bonds. The number of alkyl halides is 2. The van der Waals surface area contributed by atoms with Gasteiger partial charge >= 0.3 is 6.61 Å². The van der Waals surface area contributed by atoms with Crippen LogP contribution in [0, 0.1) is 0 Å². The largest absolute Gasteiger partial charge is 0.435 e. The predicted octanol–water partition coefficient (Wildman–Crippen LogP) is 4.50. The normalized spacial score (nSPS) is 11.0. The van der Waals surface area contributed by atoms with Crippen LogP contribution in [0.2, 0.25) is 5.02 Å². The molecule has 0 fully saturated rings. The van der Waals surface area contributed by atoms with Crippen molar-refractivity contribution in [3.8, 4) is 5.75 Å². The molecule has 0 saturated carbocycles. The SMILES string of the molecule is FC(F)Oc1cccc(CNc2ncnc3cc(Cl)ccc23)c1. The molecule has 1 N–H and O–H groups in total.